The van der Waals surface area contributed by atoms with Crippen molar-refractivity contribution in [3.05, 3.63) is 46.9 Å². The molecule has 0 atom stereocenters. The Bertz CT molecular complexity index is 732. The summed E-state index contributed by atoms with van der Waals surface area (Å²) in [5.74, 6) is 0.622. The second-order valence-corrected chi connectivity index (χ2v) is 6.56. The minimum absolute atomic E-state index is 0.115. The summed E-state index contributed by atoms with van der Waals surface area (Å²) in [5, 5.41) is 0. The zero-order valence-electron chi connectivity index (χ0n) is 10.6. The molecule has 2 rings (SSSR count). The van der Waals surface area contributed by atoms with E-state index in [4.69, 9.17) is 10.5 Å². The fourth-order valence-corrected chi connectivity index (χ4v) is 3.27. The van der Waals surface area contributed by atoms with Crippen LogP contribution in [0.3, 0.4) is 0 Å². The molecule has 0 spiro atoms. The van der Waals surface area contributed by atoms with E-state index in [9.17, 15) is 8.42 Å². The fourth-order valence-electron chi connectivity index (χ4n) is 1.63. The SMILES string of the molecule is COc1ccc(NS(=O)(=O)c2cccc(N)c2)cc1Br. The summed E-state index contributed by atoms with van der Waals surface area (Å²) in [6.45, 7) is 0. The van der Waals surface area contributed by atoms with Gasteiger partial charge < -0.3 is 10.5 Å². The first kappa shape index (κ1) is 14.7. The van der Waals surface area contributed by atoms with Crippen molar-refractivity contribution in [1.29, 1.82) is 0 Å². The van der Waals surface area contributed by atoms with E-state index in [1.165, 1.54) is 19.2 Å². The molecule has 0 fully saturated rings. The van der Waals surface area contributed by atoms with Crippen molar-refractivity contribution >= 4 is 37.3 Å². The van der Waals surface area contributed by atoms with Gasteiger partial charge in [0, 0.05) is 5.69 Å². The summed E-state index contributed by atoms with van der Waals surface area (Å²) >= 11 is 3.30. The third-order valence-electron chi connectivity index (χ3n) is 2.57. The normalized spacial score (nSPS) is 11.1. The molecule has 0 saturated heterocycles. The van der Waals surface area contributed by atoms with Gasteiger partial charge in [0.05, 0.1) is 22.2 Å². The number of nitrogen functional groups attached to an aromatic ring is 1. The first-order valence-electron chi connectivity index (χ1n) is 5.64. The molecule has 20 heavy (non-hydrogen) atoms. The van der Waals surface area contributed by atoms with Crippen LogP contribution in [0, 0.1) is 0 Å². The molecular weight excluding hydrogens is 344 g/mol. The van der Waals surface area contributed by atoms with Gasteiger partial charge in [0.25, 0.3) is 10.0 Å². The lowest BCUT2D eigenvalue weighted by Crippen LogP contribution is -2.13. The Morgan fingerprint density at radius 2 is 1.95 bits per heavy atom. The third-order valence-corrected chi connectivity index (χ3v) is 4.57. The van der Waals surface area contributed by atoms with E-state index in [0.29, 0.717) is 21.6 Å². The summed E-state index contributed by atoms with van der Waals surface area (Å²) < 4.78 is 32.6. The molecule has 5 nitrogen and oxygen atoms in total. The first-order chi connectivity index (χ1) is 9.42. The Hall–Kier alpha value is -1.73. The lowest BCUT2D eigenvalue weighted by Gasteiger charge is -2.10. The number of halogens is 1. The van der Waals surface area contributed by atoms with Gasteiger partial charge >= 0.3 is 0 Å². The molecule has 0 amide bonds. The van der Waals surface area contributed by atoms with Crippen LogP contribution in [0.1, 0.15) is 0 Å². The Balaban J connectivity index is 2.31. The molecule has 0 aliphatic rings. The molecule has 0 aromatic heterocycles. The molecule has 7 heteroatoms. The van der Waals surface area contributed by atoms with Crippen LogP contribution >= 0.6 is 15.9 Å². The van der Waals surface area contributed by atoms with E-state index >= 15 is 0 Å². The molecule has 2 aromatic rings. The van der Waals surface area contributed by atoms with E-state index in [-0.39, 0.29) is 4.90 Å². The smallest absolute Gasteiger partial charge is 0.261 e. The van der Waals surface area contributed by atoms with E-state index in [2.05, 4.69) is 20.7 Å². The largest absolute Gasteiger partial charge is 0.496 e. The van der Waals surface area contributed by atoms with Crippen LogP contribution in [0.2, 0.25) is 0 Å². The van der Waals surface area contributed by atoms with Crippen molar-refractivity contribution in [3.63, 3.8) is 0 Å². The van der Waals surface area contributed by atoms with Crippen molar-refractivity contribution in [2.45, 2.75) is 4.90 Å². The van der Waals surface area contributed by atoms with Crippen LogP contribution in [-0.2, 0) is 10.0 Å². The van der Waals surface area contributed by atoms with Gasteiger partial charge in [-0.3, -0.25) is 4.72 Å². The molecule has 0 aliphatic carbocycles. The Morgan fingerprint density at radius 3 is 2.55 bits per heavy atom. The number of anilines is 2. The Labute approximate surface area is 125 Å². The maximum absolute atomic E-state index is 12.2. The molecule has 2 aromatic carbocycles. The molecule has 3 N–H and O–H groups in total. The highest BCUT2D eigenvalue weighted by atomic mass is 79.9. The molecule has 106 valence electrons. The number of rotatable bonds is 4. The average Bonchev–Trinajstić information content (AvgIpc) is 2.38. The zero-order chi connectivity index (χ0) is 14.8. The van der Waals surface area contributed by atoms with E-state index in [0.717, 1.165) is 0 Å². The number of methoxy groups -OCH3 is 1. The number of nitrogens with two attached hydrogens (primary N) is 1. The molecular formula is C13H13BrN2O3S. The molecule has 0 radical (unpaired) electrons. The van der Waals surface area contributed by atoms with Gasteiger partial charge in [-0.2, -0.15) is 0 Å². The molecule has 0 heterocycles. The van der Waals surface area contributed by atoms with Crippen LogP contribution in [0.4, 0.5) is 11.4 Å². The van der Waals surface area contributed by atoms with Crippen LogP contribution in [0.5, 0.6) is 5.75 Å². The van der Waals surface area contributed by atoms with E-state index < -0.39 is 10.0 Å². The predicted octanol–water partition coefficient (Wildman–Crippen LogP) is 2.84. The minimum atomic E-state index is -3.66. The predicted molar refractivity (Wildman–Crippen MR) is 82.4 cm³/mol. The Kier molecular flexibility index (Phi) is 4.20. The van der Waals surface area contributed by atoms with Gasteiger partial charge in [-0.05, 0) is 52.3 Å². The standard InChI is InChI=1S/C13H13BrN2O3S/c1-19-13-6-5-10(8-12(13)14)16-20(17,18)11-4-2-3-9(15)7-11/h2-8,16H,15H2,1H3. The number of hydrogen-bond acceptors (Lipinski definition) is 4. The summed E-state index contributed by atoms with van der Waals surface area (Å²) in [4.78, 5) is 0.115. The molecule has 0 saturated carbocycles. The topological polar surface area (TPSA) is 81.4 Å². The molecule has 0 unspecified atom stereocenters. The number of nitrogens with one attached hydrogen (secondary N) is 1. The van der Waals surface area contributed by atoms with Crippen molar-refractivity contribution in [1.82, 2.24) is 0 Å². The van der Waals surface area contributed by atoms with E-state index in [1.807, 2.05) is 0 Å². The van der Waals surface area contributed by atoms with Gasteiger partial charge in [0.2, 0.25) is 0 Å². The van der Waals surface area contributed by atoms with Gasteiger partial charge in [0.15, 0.2) is 0 Å². The van der Waals surface area contributed by atoms with Crippen LogP contribution < -0.4 is 15.2 Å². The third kappa shape index (κ3) is 3.23. The highest BCUT2D eigenvalue weighted by Crippen LogP contribution is 2.29. The fraction of sp³-hybridized carbons (Fsp3) is 0.0769. The Morgan fingerprint density at radius 1 is 1.20 bits per heavy atom. The van der Waals surface area contributed by atoms with E-state index in [1.54, 1.807) is 30.3 Å². The number of hydrogen-bond donors (Lipinski definition) is 2. The minimum Gasteiger partial charge on any atom is -0.496 e. The zero-order valence-corrected chi connectivity index (χ0v) is 13.0. The van der Waals surface area contributed by atoms with Crippen molar-refractivity contribution in [2.75, 3.05) is 17.6 Å². The van der Waals surface area contributed by atoms with Crippen LogP contribution in [0.15, 0.2) is 51.8 Å². The van der Waals surface area contributed by atoms with Crippen molar-refractivity contribution < 1.29 is 13.2 Å². The van der Waals surface area contributed by atoms with Crippen molar-refractivity contribution in [3.8, 4) is 5.75 Å². The quantitative estimate of drug-likeness (QED) is 0.825. The second kappa shape index (κ2) is 5.72. The summed E-state index contributed by atoms with van der Waals surface area (Å²) in [6, 6.07) is 11.0. The maximum atomic E-state index is 12.2. The highest BCUT2D eigenvalue weighted by Gasteiger charge is 2.15. The van der Waals surface area contributed by atoms with Gasteiger partial charge in [0.1, 0.15) is 5.75 Å². The molecule has 0 bridgehead atoms. The van der Waals surface area contributed by atoms with Gasteiger partial charge in [-0.1, -0.05) is 6.07 Å². The average molecular weight is 357 g/mol. The van der Waals surface area contributed by atoms with Crippen molar-refractivity contribution in [2.24, 2.45) is 0 Å². The number of benzene rings is 2. The number of ether oxygens (including phenoxy) is 1. The maximum Gasteiger partial charge on any atom is 0.261 e. The lowest BCUT2D eigenvalue weighted by molar-refractivity contribution is 0.412. The first-order valence-corrected chi connectivity index (χ1v) is 7.92. The van der Waals surface area contributed by atoms with Crippen LogP contribution in [-0.4, -0.2) is 15.5 Å². The monoisotopic (exact) mass is 356 g/mol. The molecule has 0 aliphatic heterocycles. The second-order valence-electron chi connectivity index (χ2n) is 4.03. The summed E-state index contributed by atoms with van der Waals surface area (Å²) in [5.41, 5.74) is 6.42. The lowest BCUT2D eigenvalue weighted by atomic mass is 10.3. The van der Waals surface area contributed by atoms with Gasteiger partial charge in [-0.15, -0.1) is 0 Å². The number of sulfonamides is 1. The van der Waals surface area contributed by atoms with Crippen LogP contribution in [0.25, 0.3) is 0 Å². The summed E-state index contributed by atoms with van der Waals surface area (Å²) in [6.07, 6.45) is 0. The van der Waals surface area contributed by atoms with Gasteiger partial charge in [-0.25, -0.2) is 8.42 Å². The highest BCUT2D eigenvalue weighted by molar-refractivity contribution is 9.10. The summed E-state index contributed by atoms with van der Waals surface area (Å²) in [7, 11) is -2.13.